The number of aliphatic carboxylic acids is 1. The Morgan fingerprint density at radius 3 is 2.73 bits per heavy atom. The number of unbranched alkanes of at least 4 members (excludes halogenated alkanes) is 2. The van der Waals surface area contributed by atoms with E-state index in [4.69, 9.17) is 10.2 Å². The molecule has 0 rings (SSSR count). The maximum Gasteiger partial charge on any atom is 0.345 e. The summed E-state index contributed by atoms with van der Waals surface area (Å²) in [7, 11) is 0. The number of rotatable bonds is 3. The normalized spacial score (nSPS) is 11.5. The van der Waals surface area contributed by atoms with Crippen LogP contribution in [0.4, 0.5) is 0 Å². The van der Waals surface area contributed by atoms with Crippen LogP contribution in [0.5, 0.6) is 0 Å². The molecule has 1 atom stereocenters. The van der Waals surface area contributed by atoms with E-state index in [2.05, 4.69) is 11.8 Å². The van der Waals surface area contributed by atoms with E-state index >= 15 is 0 Å². The lowest BCUT2D eigenvalue weighted by molar-refractivity contribution is -0.143. The van der Waals surface area contributed by atoms with Crippen molar-refractivity contribution in [2.24, 2.45) is 0 Å². The zero-order valence-corrected chi connectivity index (χ0v) is 6.50. The van der Waals surface area contributed by atoms with Gasteiger partial charge in [0.1, 0.15) is 0 Å². The molecule has 0 aromatic rings. The molecular formula is C8H12O3. The Bertz CT molecular complexity index is 176. The van der Waals surface area contributed by atoms with Crippen molar-refractivity contribution in [3.8, 4) is 11.8 Å². The first-order valence-electron chi connectivity index (χ1n) is 3.57. The van der Waals surface area contributed by atoms with Crippen molar-refractivity contribution in [2.75, 3.05) is 0 Å². The molecule has 3 heteroatoms. The number of hydrogen-bond donors (Lipinski definition) is 2. The van der Waals surface area contributed by atoms with E-state index in [1.807, 2.05) is 6.92 Å². The van der Waals surface area contributed by atoms with Crippen LogP contribution < -0.4 is 0 Å². The third kappa shape index (κ3) is 5.43. The predicted molar refractivity (Wildman–Crippen MR) is 40.9 cm³/mol. The van der Waals surface area contributed by atoms with Crippen LogP contribution in [-0.2, 0) is 4.79 Å². The molecule has 0 spiro atoms. The second-order valence-electron chi connectivity index (χ2n) is 2.17. The van der Waals surface area contributed by atoms with E-state index in [-0.39, 0.29) is 0 Å². The molecular weight excluding hydrogens is 144 g/mol. The van der Waals surface area contributed by atoms with Crippen molar-refractivity contribution in [3.63, 3.8) is 0 Å². The zero-order valence-electron chi connectivity index (χ0n) is 6.50. The summed E-state index contributed by atoms with van der Waals surface area (Å²) in [4.78, 5) is 10.0. The zero-order chi connectivity index (χ0) is 8.69. The first-order chi connectivity index (χ1) is 5.18. The minimum atomic E-state index is -1.52. The van der Waals surface area contributed by atoms with Crippen molar-refractivity contribution in [3.05, 3.63) is 0 Å². The second kappa shape index (κ2) is 5.75. The average molecular weight is 156 g/mol. The molecule has 0 aromatic carbocycles. The molecule has 0 saturated heterocycles. The Balaban J connectivity index is 3.60. The van der Waals surface area contributed by atoms with Gasteiger partial charge in [0.15, 0.2) is 0 Å². The van der Waals surface area contributed by atoms with Gasteiger partial charge in [-0.1, -0.05) is 25.2 Å². The van der Waals surface area contributed by atoms with Gasteiger partial charge in [0.2, 0.25) is 6.10 Å². The van der Waals surface area contributed by atoms with Crippen molar-refractivity contribution in [1.82, 2.24) is 0 Å². The summed E-state index contributed by atoms with van der Waals surface area (Å²) in [6.45, 7) is 2.02. The highest BCUT2D eigenvalue weighted by atomic mass is 16.4. The van der Waals surface area contributed by atoms with Crippen LogP contribution in [0.25, 0.3) is 0 Å². The highest BCUT2D eigenvalue weighted by Gasteiger charge is 2.06. The number of carbonyl (C=O) groups is 1. The summed E-state index contributed by atoms with van der Waals surface area (Å²) in [6, 6.07) is 0. The van der Waals surface area contributed by atoms with Gasteiger partial charge in [-0.15, -0.1) is 0 Å². The van der Waals surface area contributed by atoms with E-state index in [1.54, 1.807) is 0 Å². The third-order valence-corrected chi connectivity index (χ3v) is 1.13. The molecule has 0 aliphatic rings. The fraction of sp³-hybridized carbons (Fsp3) is 0.625. The molecule has 2 N–H and O–H groups in total. The van der Waals surface area contributed by atoms with Gasteiger partial charge in [0, 0.05) is 6.42 Å². The van der Waals surface area contributed by atoms with Gasteiger partial charge in [0.05, 0.1) is 0 Å². The SMILES string of the molecule is CCCCC#CC(O)C(=O)O. The minimum Gasteiger partial charge on any atom is -0.479 e. The Morgan fingerprint density at radius 1 is 1.64 bits per heavy atom. The third-order valence-electron chi connectivity index (χ3n) is 1.13. The molecule has 0 amide bonds. The quantitative estimate of drug-likeness (QED) is 0.465. The first kappa shape index (κ1) is 9.99. The number of aliphatic hydroxyl groups is 1. The Morgan fingerprint density at radius 2 is 2.27 bits per heavy atom. The molecule has 11 heavy (non-hydrogen) atoms. The van der Waals surface area contributed by atoms with Crippen LogP contribution in [-0.4, -0.2) is 22.3 Å². The van der Waals surface area contributed by atoms with Gasteiger partial charge in [-0.25, -0.2) is 4.79 Å². The summed E-state index contributed by atoms with van der Waals surface area (Å²) < 4.78 is 0. The van der Waals surface area contributed by atoms with Crippen LogP contribution in [0.1, 0.15) is 26.2 Å². The van der Waals surface area contributed by atoms with Gasteiger partial charge in [-0.2, -0.15) is 0 Å². The van der Waals surface area contributed by atoms with Crippen LogP contribution in [0.15, 0.2) is 0 Å². The van der Waals surface area contributed by atoms with E-state index in [1.165, 1.54) is 0 Å². The van der Waals surface area contributed by atoms with Gasteiger partial charge in [-0.05, 0) is 6.42 Å². The number of carboxylic acid groups (broad SMARTS) is 1. The lowest BCUT2D eigenvalue weighted by Gasteiger charge is -1.91. The van der Waals surface area contributed by atoms with Crippen LogP contribution in [0.2, 0.25) is 0 Å². The van der Waals surface area contributed by atoms with Gasteiger partial charge >= 0.3 is 5.97 Å². The van der Waals surface area contributed by atoms with E-state index in [0.717, 1.165) is 12.8 Å². The second-order valence-corrected chi connectivity index (χ2v) is 2.17. The van der Waals surface area contributed by atoms with Crippen molar-refractivity contribution in [1.29, 1.82) is 0 Å². The summed E-state index contributed by atoms with van der Waals surface area (Å²) in [5, 5.41) is 16.8. The highest BCUT2D eigenvalue weighted by molar-refractivity contribution is 5.75. The Labute approximate surface area is 66.0 Å². The minimum absolute atomic E-state index is 0.654. The standard InChI is InChI=1S/C8H12O3/c1-2-3-4-5-6-7(9)8(10)11/h7,9H,2-4H2,1H3,(H,10,11). The smallest absolute Gasteiger partial charge is 0.345 e. The number of aliphatic hydroxyl groups excluding tert-OH is 1. The molecule has 1 unspecified atom stereocenters. The number of hydrogen-bond acceptors (Lipinski definition) is 2. The van der Waals surface area contributed by atoms with Gasteiger partial charge in [-0.3, -0.25) is 0 Å². The van der Waals surface area contributed by atoms with Gasteiger partial charge in [0.25, 0.3) is 0 Å². The Kier molecular flexibility index (Phi) is 5.22. The van der Waals surface area contributed by atoms with Crippen molar-refractivity contribution >= 4 is 5.97 Å². The molecule has 0 aliphatic carbocycles. The van der Waals surface area contributed by atoms with Crippen LogP contribution >= 0.6 is 0 Å². The fourth-order valence-corrected chi connectivity index (χ4v) is 0.496. The summed E-state index contributed by atoms with van der Waals surface area (Å²) in [5.74, 6) is 3.53. The van der Waals surface area contributed by atoms with Crippen molar-refractivity contribution < 1.29 is 15.0 Å². The lowest BCUT2D eigenvalue weighted by Crippen LogP contribution is -2.16. The largest absolute Gasteiger partial charge is 0.479 e. The Hall–Kier alpha value is -1.01. The predicted octanol–water partition coefficient (Wildman–Crippen LogP) is 0.626. The molecule has 0 bridgehead atoms. The molecule has 0 saturated carbocycles. The monoisotopic (exact) mass is 156 g/mol. The van der Waals surface area contributed by atoms with Gasteiger partial charge < -0.3 is 10.2 Å². The van der Waals surface area contributed by atoms with E-state index in [0.29, 0.717) is 6.42 Å². The maximum absolute atomic E-state index is 10.0. The number of carboxylic acids is 1. The topological polar surface area (TPSA) is 57.5 Å². The van der Waals surface area contributed by atoms with Crippen LogP contribution in [0.3, 0.4) is 0 Å². The van der Waals surface area contributed by atoms with Crippen LogP contribution in [0, 0.1) is 11.8 Å². The molecule has 3 nitrogen and oxygen atoms in total. The highest BCUT2D eigenvalue weighted by Crippen LogP contribution is 1.91. The average Bonchev–Trinajstić information content (AvgIpc) is 1.97. The molecule has 0 radical (unpaired) electrons. The molecule has 0 fully saturated rings. The van der Waals surface area contributed by atoms with E-state index < -0.39 is 12.1 Å². The fourth-order valence-electron chi connectivity index (χ4n) is 0.496. The molecule has 0 aromatic heterocycles. The maximum atomic E-state index is 10.0. The lowest BCUT2D eigenvalue weighted by atomic mass is 10.2. The summed E-state index contributed by atoms with van der Waals surface area (Å²) in [5.41, 5.74) is 0. The first-order valence-corrected chi connectivity index (χ1v) is 3.57. The molecule has 62 valence electrons. The molecule has 0 aliphatic heterocycles. The van der Waals surface area contributed by atoms with Crippen molar-refractivity contribution in [2.45, 2.75) is 32.3 Å². The summed E-state index contributed by atoms with van der Waals surface area (Å²) in [6.07, 6.45) is 1.10. The summed E-state index contributed by atoms with van der Waals surface area (Å²) >= 11 is 0. The molecule has 0 heterocycles. The van der Waals surface area contributed by atoms with E-state index in [9.17, 15) is 4.79 Å².